The van der Waals surface area contributed by atoms with Crippen LogP contribution in [0.15, 0.2) is 17.2 Å². The predicted molar refractivity (Wildman–Crippen MR) is 73.4 cm³/mol. The summed E-state index contributed by atoms with van der Waals surface area (Å²) < 4.78 is 3.20. The molecular formula is C6H2I3N3. The van der Waals surface area contributed by atoms with Crippen LogP contribution >= 0.6 is 67.8 Å². The van der Waals surface area contributed by atoms with E-state index in [0.29, 0.717) is 5.69 Å². The van der Waals surface area contributed by atoms with Gasteiger partial charge in [-0.25, -0.2) is 0 Å². The molecule has 0 saturated heterocycles. The highest BCUT2D eigenvalue weighted by molar-refractivity contribution is 14.1. The molecule has 12 heavy (non-hydrogen) atoms. The number of benzene rings is 1. The molecule has 1 rings (SSSR count). The first kappa shape index (κ1) is 10.8. The van der Waals surface area contributed by atoms with E-state index in [-0.39, 0.29) is 0 Å². The SMILES string of the molecule is [N-]=[N+]=Nc1cc(I)cc(I)c1I. The van der Waals surface area contributed by atoms with Crippen LogP contribution in [0.4, 0.5) is 5.69 Å². The molecule has 0 aliphatic carbocycles. The van der Waals surface area contributed by atoms with Gasteiger partial charge in [-0.2, -0.15) is 0 Å². The van der Waals surface area contributed by atoms with Crippen LogP contribution in [-0.4, -0.2) is 0 Å². The Morgan fingerprint density at radius 3 is 2.50 bits per heavy atom. The lowest BCUT2D eigenvalue weighted by atomic mass is 10.3. The van der Waals surface area contributed by atoms with Crippen molar-refractivity contribution in [3.63, 3.8) is 0 Å². The van der Waals surface area contributed by atoms with Gasteiger partial charge in [-0.15, -0.1) is 0 Å². The summed E-state index contributed by atoms with van der Waals surface area (Å²) in [7, 11) is 0. The minimum atomic E-state index is 0.703. The maximum atomic E-state index is 8.28. The van der Waals surface area contributed by atoms with Crippen LogP contribution in [0.3, 0.4) is 0 Å². The van der Waals surface area contributed by atoms with E-state index in [9.17, 15) is 0 Å². The zero-order valence-corrected chi connectivity index (χ0v) is 12.1. The van der Waals surface area contributed by atoms with Crippen LogP contribution in [0.25, 0.3) is 10.4 Å². The smallest absolute Gasteiger partial charge is 0.0530 e. The highest BCUT2D eigenvalue weighted by Gasteiger charge is 2.03. The largest absolute Gasteiger partial charge is 0.0596 e. The van der Waals surface area contributed by atoms with E-state index in [1.165, 1.54) is 0 Å². The van der Waals surface area contributed by atoms with Gasteiger partial charge in [0.2, 0.25) is 0 Å². The fraction of sp³-hybridized carbons (Fsp3) is 0. The first-order chi connectivity index (χ1) is 5.65. The molecule has 0 unspecified atom stereocenters. The molecule has 0 bridgehead atoms. The second-order valence-corrected chi connectivity index (χ2v) is 5.40. The van der Waals surface area contributed by atoms with E-state index >= 15 is 0 Å². The molecule has 0 radical (unpaired) electrons. The van der Waals surface area contributed by atoms with Crippen molar-refractivity contribution >= 4 is 73.5 Å². The Kier molecular flexibility index (Phi) is 4.34. The van der Waals surface area contributed by atoms with Gasteiger partial charge in [0.05, 0.1) is 5.69 Å². The first-order valence-electron chi connectivity index (χ1n) is 2.85. The Balaban J connectivity index is 3.36. The maximum Gasteiger partial charge on any atom is 0.0530 e. The predicted octanol–water partition coefficient (Wildman–Crippen LogP) is 4.44. The molecule has 0 fully saturated rings. The molecule has 0 N–H and O–H groups in total. The third-order valence-electron chi connectivity index (χ3n) is 1.13. The third-order valence-corrected chi connectivity index (χ3v) is 4.77. The second-order valence-electron chi connectivity index (χ2n) is 1.91. The zero-order chi connectivity index (χ0) is 9.14. The average Bonchev–Trinajstić information content (AvgIpc) is 2.00. The molecule has 0 atom stereocenters. The van der Waals surface area contributed by atoms with Gasteiger partial charge in [-0.1, -0.05) is 5.11 Å². The molecule has 0 heterocycles. The highest BCUT2D eigenvalue weighted by Crippen LogP contribution is 2.28. The van der Waals surface area contributed by atoms with E-state index < -0.39 is 0 Å². The van der Waals surface area contributed by atoms with Crippen LogP contribution < -0.4 is 0 Å². The molecule has 1 aromatic carbocycles. The summed E-state index contributed by atoms with van der Waals surface area (Å²) in [5.41, 5.74) is 8.98. The van der Waals surface area contributed by atoms with Crippen molar-refractivity contribution in [3.05, 3.63) is 33.3 Å². The zero-order valence-electron chi connectivity index (χ0n) is 5.63. The van der Waals surface area contributed by atoms with E-state index in [0.717, 1.165) is 10.7 Å². The summed E-state index contributed by atoms with van der Waals surface area (Å²) in [4.78, 5) is 2.76. The Morgan fingerprint density at radius 2 is 1.92 bits per heavy atom. The summed E-state index contributed by atoms with van der Waals surface area (Å²) in [6.45, 7) is 0. The van der Waals surface area contributed by atoms with Crippen molar-refractivity contribution in [1.29, 1.82) is 0 Å². The fourth-order valence-electron chi connectivity index (χ4n) is 0.663. The van der Waals surface area contributed by atoms with Gasteiger partial charge in [0, 0.05) is 15.6 Å². The Labute approximate surface area is 110 Å². The van der Waals surface area contributed by atoms with Crippen LogP contribution in [0, 0.1) is 10.7 Å². The molecule has 0 aliphatic heterocycles. The molecule has 3 nitrogen and oxygen atoms in total. The number of halogens is 3. The molecule has 62 valence electrons. The molecule has 1 aromatic rings. The van der Waals surface area contributed by atoms with Crippen molar-refractivity contribution in [3.8, 4) is 0 Å². The monoisotopic (exact) mass is 497 g/mol. The van der Waals surface area contributed by atoms with Gasteiger partial charge >= 0.3 is 0 Å². The van der Waals surface area contributed by atoms with Crippen molar-refractivity contribution < 1.29 is 0 Å². The lowest BCUT2D eigenvalue weighted by Gasteiger charge is -2.00. The van der Waals surface area contributed by atoms with Crippen LogP contribution in [0.1, 0.15) is 0 Å². The molecule has 0 amide bonds. The van der Waals surface area contributed by atoms with Gasteiger partial charge in [0.1, 0.15) is 0 Å². The quantitative estimate of drug-likeness (QED) is 0.181. The highest BCUT2D eigenvalue weighted by atomic mass is 127. The maximum absolute atomic E-state index is 8.28. The van der Waals surface area contributed by atoms with Crippen molar-refractivity contribution in [2.24, 2.45) is 5.11 Å². The van der Waals surface area contributed by atoms with Gasteiger partial charge in [0.25, 0.3) is 0 Å². The standard InChI is InChI=1S/C6H2I3N3/c7-3-1-4(8)6(9)5(2-3)11-12-10/h1-2H. The molecule has 6 heteroatoms. The number of hydrogen-bond acceptors (Lipinski definition) is 1. The van der Waals surface area contributed by atoms with Crippen molar-refractivity contribution in [1.82, 2.24) is 0 Å². The van der Waals surface area contributed by atoms with Gasteiger partial charge in [-0.05, 0) is 85.4 Å². The number of hydrogen-bond donors (Lipinski definition) is 0. The van der Waals surface area contributed by atoms with E-state index in [1.54, 1.807) is 0 Å². The van der Waals surface area contributed by atoms with Crippen molar-refractivity contribution in [2.75, 3.05) is 0 Å². The summed E-state index contributed by atoms with van der Waals surface area (Å²) in [6, 6.07) is 3.91. The molecular weight excluding hydrogens is 495 g/mol. The summed E-state index contributed by atoms with van der Waals surface area (Å²) in [5.74, 6) is 0. The van der Waals surface area contributed by atoms with Gasteiger partial charge < -0.3 is 0 Å². The molecule has 0 spiro atoms. The van der Waals surface area contributed by atoms with Crippen LogP contribution in [0.5, 0.6) is 0 Å². The number of nitrogens with zero attached hydrogens (tertiary/aromatic N) is 3. The second kappa shape index (κ2) is 4.82. The molecule has 0 saturated carbocycles. The van der Waals surface area contributed by atoms with Crippen LogP contribution in [-0.2, 0) is 0 Å². The van der Waals surface area contributed by atoms with E-state index in [4.69, 9.17) is 5.53 Å². The first-order valence-corrected chi connectivity index (χ1v) is 6.08. The normalized spacial score (nSPS) is 9.25. The van der Waals surface area contributed by atoms with E-state index in [1.807, 2.05) is 12.1 Å². The lowest BCUT2D eigenvalue weighted by Crippen LogP contribution is -1.81. The summed E-state index contributed by atoms with van der Waals surface area (Å²) >= 11 is 6.58. The number of azide groups is 1. The van der Waals surface area contributed by atoms with Gasteiger partial charge in [-0.3, -0.25) is 0 Å². The lowest BCUT2D eigenvalue weighted by molar-refractivity contribution is 1.41. The third kappa shape index (κ3) is 2.60. The summed E-state index contributed by atoms with van der Waals surface area (Å²) in [6.07, 6.45) is 0. The Bertz CT molecular complexity index is 357. The van der Waals surface area contributed by atoms with E-state index in [2.05, 4.69) is 77.8 Å². The fourth-order valence-corrected chi connectivity index (χ4v) is 2.90. The Hall–Kier alpha value is 0.720. The van der Waals surface area contributed by atoms with Crippen LogP contribution in [0.2, 0.25) is 0 Å². The van der Waals surface area contributed by atoms with Gasteiger partial charge in [0.15, 0.2) is 0 Å². The topological polar surface area (TPSA) is 48.8 Å². The summed E-state index contributed by atoms with van der Waals surface area (Å²) in [5, 5.41) is 3.59. The van der Waals surface area contributed by atoms with Crippen molar-refractivity contribution in [2.45, 2.75) is 0 Å². The minimum absolute atomic E-state index is 0.703. The Morgan fingerprint density at radius 1 is 1.25 bits per heavy atom. The molecule has 0 aliphatic rings. The number of rotatable bonds is 1. The minimum Gasteiger partial charge on any atom is -0.0596 e. The molecule has 0 aromatic heterocycles. The average molecular weight is 497 g/mol.